The molecule has 0 aliphatic heterocycles. The summed E-state index contributed by atoms with van der Waals surface area (Å²) < 4.78 is 0. The van der Waals surface area contributed by atoms with Gasteiger partial charge >= 0.3 is 5.97 Å². The fourth-order valence-corrected chi connectivity index (χ4v) is 1.33. The number of aromatic amines is 1. The number of nitrogens with one attached hydrogen (secondary N) is 1. The summed E-state index contributed by atoms with van der Waals surface area (Å²) in [5, 5.41) is 8.67. The van der Waals surface area contributed by atoms with Crippen molar-refractivity contribution in [3.8, 4) is 0 Å². The maximum atomic E-state index is 10.5. The van der Waals surface area contributed by atoms with Crippen LogP contribution in [0.2, 0.25) is 0 Å². The van der Waals surface area contributed by atoms with Crippen molar-refractivity contribution in [3.05, 3.63) is 17.7 Å². The number of carbonyl (C=O) groups is 1. The molecular weight excluding hydrogens is 192 g/mol. The fourth-order valence-electron chi connectivity index (χ4n) is 1.33. The third kappa shape index (κ3) is 3.08. The number of carboxylic acids is 1. The minimum Gasteiger partial charge on any atom is -0.481 e. The summed E-state index contributed by atoms with van der Waals surface area (Å²) in [6.07, 6.45) is 1.89. The number of rotatable bonds is 3. The highest BCUT2D eigenvalue weighted by Gasteiger charge is 2.19. The maximum Gasteiger partial charge on any atom is 0.304 e. The molecule has 0 amide bonds. The van der Waals surface area contributed by atoms with Gasteiger partial charge in [-0.2, -0.15) is 0 Å². The molecule has 2 N–H and O–H groups in total. The number of hydrogen-bond donors (Lipinski definition) is 2. The lowest BCUT2D eigenvalue weighted by Crippen LogP contribution is -2.12. The lowest BCUT2D eigenvalue weighted by molar-refractivity contribution is -0.137. The zero-order chi connectivity index (χ0) is 11.6. The van der Waals surface area contributed by atoms with Crippen molar-refractivity contribution in [2.75, 3.05) is 0 Å². The first-order valence-electron chi connectivity index (χ1n) is 5.08. The van der Waals surface area contributed by atoms with Crippen LogP contribution < -0.4 is 0 Å². The second-order valence-electron chi connectivity index (χ2n) is 4.93. The van der Waals surface area contributed by atoms with Crippen molar-refractivity contribution >= 4 is 5.97 Å². The molecular formula is C11H18N2O2. The molecule has 15 heavy (non-hydrogen) atoms. The first kappa shape index (κ1) is 11.8. The molecule has 0 radical (unpaired) electrons. The van der Waals surface area contributed by atoms with E-state index in [-0.39, 0.29) is 17.8 Å². The van der Waals surface area contributed by atoms with Crippen LogP contribution in [-0.4, -0.2) is 21.0 Å². The molecule has 0 aromatic carbocycles. The van der Waals surface area contributed by atoms with Gasteiger partial charge in [-0.1, -0.05) is 27.7 Å². The minimum atomic E-state index is -0.795. The average Bonchev–Trinajstić information content (AvgIpc) is 2.48. The molecule has 84 valence electrons. The highest BCUT2D eigenvalue weighted by Crippen LogP contribution is 2.23. The zero-order valence-corrected chi connectivity index (χ0v) is 9.66. The maximum absolute atomic E-state index is 10.5. The normalized spacial score (nSPS) is 13.9. The van der Waals surface area contributed by atoms with E-state index < -0.39 is 5.97 Å². The van der Waals surface area contributed by atoms with Crippen molar-refractivity contribution in [2.45, 2.75) is 45.4 Å². The Labute approximate surface area is 89.7 Å². The first-order valence-corrected chi connectivity index (χ1v) is 5.08. The largest absolute Gasteiger partial charge is 0.481 e. The summed E-state index contributed by atoms with van der Waals surface area (Å²) in [5.41, 5.74) is 1.06. The summed E-state index contributed by atoms with van der Waals surface area (Å²) in [6.45, 7) is 8.13. The molecule has 1 aromatic heterocycles. The van der Waals surface area contributed by atoms with E-state index >= 15 is 0 Å². The fraction of sp³-hybridized carbons (Fsp3) is 0.636. The number of hydrogen-bond acceptors (Lipinski definition) is 2. The van der Waals surface area contributed by atoms with Crippen LogP contribution in [0, 0.1) is 0 Å². The Bertz CT molecular complexity index is 350. The Kier molecular flexibility index (Phi) is 3.17. The van der Waals surface area contributed by atoms with E-state index in [0.717, 1.165) is 11.5 Å². The van der Waals surface area contributed by atoms with Crippen LogP contribution >= 0.6 is 0 Å². The molecule has 1 atom stereocenters. The molecule has 0 aliphatic rings. The quantitative estimate of drug-likeness (QED) is 0.804. The van der Waals surface area contributed by atoms with E-state index in [4.69, 9.17) is 5.11 Å². The van der Waals surface area contributed by atoms with E-state index in [2.05, 4.69) is 30.7 Å². The van der Waals surface area contributed by atoms with E-state index in [1.807, 2.05) is 6.92 Å². The first-order chi connectivity index (χ1) is 6.80. The molecule has 1 rings (SSSR count). The van der Waals surface area contributed by atoms with Crippen molar-refractivity contribution in [3.63, 3.8) is 0 Å². The number of H-pyrrole nitrogens is 1. The van der Waals surface area contributed by atoms with Crippen molar-refractivity contribution < 1.29 is 9.90 Å². The number of imidazole rings is 1. The topological polar surface area (TPSA) is 66.0 Å². The third-order valence-electron chi connectivity index (χ3n) is 2.35. The Morgan fingerprint density at radius 3 is 2.60 bits per heavy atom. The van der Waals surface area contributed by atoms with Crippen LogP contribution in [0.15, 0.2) is 6.20 Å². The van der Waals surface area contributed by atoms with Gasteiger partial charge in [0.05, 0.1) is 6.42 Å². The molecule has 0 saturated carbocycles. The molecule has 0 spiro atoms. The molecule has 4 nitrogen and oxygen atoms in total. The minimum absolute atomic E-state index is 0.0220. The van der Waals surface area contributed by atoms with Gasteiger partial charge in [0.15, 0.2) is 0 Å². The number of aliphatic carboxylic acids is 1. The van der Waals surface area contributed by atoms with Crippen LogP contribution in [0.5, 0.6) is 0 Å². The third-order valence-corrected chi connectivity index (χ3v) is 2.35. The summed E-state index contributed by atoms with van der Waals surface area (Å²) in [4.78, 5) is 17.9. The Balaban J connectivity index is 2.80. The van der Waals surface area contributed by atoms with E-state index in [1.165, 1.54) is 0 Å². The van der Waals surface area contributed by atoms with E-state index in [1.54, 1.807) is 6.20 Å². The smallest absolute Gasteiger partial charge is 0.304 e. The number of aromatic nitrogens is 2. The monoisotopic (exact) mass is 210 g/mol. The average molecular weight is 210 g/mol. The lowest BCUT2D eigenvalue weighted by atomic mass is 9.93. The SMILES string of the molecule is CC(CC(=O)O)c1ncc(C(C)(C)C)[nH]1. The van der Waals surface area contributed by atoms with Crippen molar-refractivity contribution in [2.24, 2.45) is 0 Å². The standard InChI is InChI=1S/C11H18N2O2/c1-7(5-9(14)15)10-12-6-8(13-10)11(2,3)4/h6-7H,5H2,1-4H3,(H,12,13)(H,14,15). The Hall–Kier alpha value is -1.32. The van der Waals surface area contributed by atoms with Gasteiger partial charge in [0.25, 0.3) is 0 Å². The van der Waals surface area contributed by atoms with Gasteiger partial charge in [-0.05, 0) is 0 Å². The van der Waals surface area contributed by atoms with E-state index in [9.17, 15) is 4.79 Å². The summed E-state index contributed by atoms with van der Waals surface area (Å²) >= 11 is 0. The van der Waals surface area contributed by atoms with Crippen molar-refractivity contribution in [1.82, 2.24) is 9.97 Å². The second-order valence-corrected chi connectivity index (χ2v) is 4.93. The van der Waals surface area contributed by atoms with E-state index in [0.29, 0.717) is 0 Å². The summed E-state index contributed by atoms with van der Waals surface area (Å²) in [5.74, 6) is -0.114. The van der Waals surface area contributed by atoms with Gasteiger partial charge in [-0.3, -0.25) is 4.79 Å². The van der Waals surface area contributed by atoms with Crippen LogP contribution in [-0.2, 0) is 10.2 Å². The second kappa shape index (κ2) is 4.04. The summed E-state index contributed by atoms with van der Waals surface area (Å²) in [7, 11) is 0. The molecule has 0 aliphatic carbocycles. The van der Waals surface area contributed by atoms with Gasteiger partial charge in [0.2, 0.25) is 0 Å². The molecule has 1 heterocycles. The molecule has 0 bridgehead atoms. The van der Waals surface area contributed by atoms with Gasteiger partial charge in [-0.15, -0.1) is 0 Å². The highest BCUT2D eigenvalue weighted by molar-refractivity contribution is 5.67. The highest BCUT2D eigenvalue weighted by atomic mass is 16.4. The number of carboxylic acid groups (broad SMARTS) is 1. The van der Waals surface area contributed by atoms with Crippen LogP contribution in [0.1, 0.15) is 51.6 Å². The van der Waals surface area contributed by atoms with Crippen LogP contribution in [0.3, 0.4) is 0 Å². The van der Waals surface area contributed by atoms with Crippen molar-refractivity contribution in [1.29, 1.82) is 0 Å². The number of nitrogens with zero attached hydrogens (tertiary/aromatic N) is 1. The molecule has 0 fully saturated rings. The Morgan fingerprint density at radius 2 is 2.20 bits per heavy atom. The summed E-state index contributed by atoms with van der Waals surface area (Å²) in [6, 6.07) is 0. The molecule has 0 saturated heterocycles. The Morgan fingerprint density at radius 1 is 1.60 bits per heavy atom. The van der Waals surface area contributed by atoms with Gasteiger partial charge in [0.1, 0.15) is 5.82 Å². The van der Waals surface area contributed by atoms with Crippen LogP contribution in [0.4, 0.5) is 0 Å². The van der Waals surface area contributed by atoms with Gasteiger partial charge in [0, 0.05) is 23.2 Å². The molecule has 1 aromatic rings. The zero-order valence-electron chi connectivity index (χ0n) is 9.66. The van der Waals surface area contributed by atoms with Gasteiger partial charge < -0.3 is 10.1 Å². The molecule has 4 heteroatoms. The molecule has 1 unspecified atom stereocenters. The van der Waals surface area contributed by atoms with Crippen LogP contribution in [0.25, 0.3) is 0 Å². The predicted molar refractivity (Wildman–Crippen MR) is 58.0 cm³/mol. The predicted octanol–water partition coefficient (Wildman–Crippen LogP) is 2.29. The van der Waals surface area contributed by atoms with Gasteiger partial charge in [-0.25, -0.2) is 4.98 Å². The lowest BCUT2D eigenvalue weighted by Gasteiger charge is -2.15.